The van der Waals surface area contributed by atoms with Gasteiger partial charge in [-0.15, -0.1) is 0 Å². The molecule has 1 aliphatic carbocycles. The fourth-order valence-electron chi connectivity index (χ4n) is 4.96. The molecule has 0 unspecified atom stereocenters. The van der Waals surface area contributed by atoms with Gasteiger partial charge in [-0.1, -0.05) is 31.4 Å². The van der Waals surface area contributed by atoms with E-state index < -0.39 is 0 Å². The van der Waals surface area contributed by atoms with Crippen molar-refractivity contribution in [3.8, 4) is 0 Å². The van der Waals surface area contributed by atoms with Gasteiger partial charge in [0.15, 0.2) is 0 Å². The summed E-state index contributed by atoms with van der Waals surface area (Å²) in [6, 6.07) is 8.39. The fourth-order valence-corrected chi connectivity index (χ4v) is 4.96. The topological polar surface area (TPSA) is 58.4 Å². The van der Waals surface area contributed by atoms with Crippen molar-refractivity contribution in [3.05, 3.63) is 30.1 Å². The smallest absolute Gasteiger partial charge is 0.242 e. The molecule has 5 heteroatoms. The van der Waals surface area contributed by atoms with Crippen LogP contribution >= 0.6 is 0 Å². The molecule has 1 amide bonds. The zero-order valence-corrected chi connectivity index (χ0v) is 16.3. The number of aliphatic hydroxyl groups is 1. The second-order valence-corrected chi connectivity index (χ2v) is 8.39. The molecule has 1 N–H and O–H groups in total. The second kappa shape index (κ2) is 8.01. The van der Waals surface area contributed by atoms with Crippen molar-refractivity contribution in [2.75, 3.05) is 13.2 Å². The van der Waals surface area contributed by atoms with Crippen molar-refractivity contribution in [1.29, 1.82) is 0 Å². The number of nitrogens with zero attached hydrogens (tertiary/aromatic N) is 3. The van der Waals surface area contributed by atoms with Crippen LogP contribution in [0.1, 0.15) is 63.6 Å². The van der Waals surface area contributed by atoms with Gasteiger partial charge in [0, 0.05) is 25.1 Å². The molecular formula is C22H31N3O2. The van der Waals surface area contributed by atoms with Crippen LogP contribution in [0, 0.1) is 5.92 Å². The maximum atomic E-state index is 13.2. The van der Waals surface area contributed by atoms with Gasteiger partial charge in [-0.05, 0) is 50.7 Å². The quantitative estimate of drug-likeness (QED) is 0.894. The number of hydrogen-bond acceptors (Lipinski definition) is 3. The Labute approximate surface area is 161 Å². The van der Waals surface area contributed by atoms with E-state index in [0.717, 1.165) is 36.2 Å². The molecular weight excluding hydrogens is 338 g/mol. The number of likely N-dealkylation sites (tertiary alicyclic amines) is 1. The number of hydrogen-bond donors (Lipinski definition) is 1. The summed E-state index contributed by atoms with van der Waals surface area (Å²) in [5, 5.41) is 9.42. The lowest BCUT2D eigenvalue weighted by Gasteiger charge is -2.37. The molecule has 2 aromatic rings. The summed E-state index contributed by atoms with van der Waals surface area (Å²) in [7, 11) is 0. The number of fused-ring (bicyclic) bond motifs is 1. The van der Waals surface area contributed by atoms with Gasteiger partial charge >= 0.3 is 0 Å². The average molecular weight is 370 g/mol. The first kappa shape index (κ1) is 18.5. The largest absolute Gasteiger partial charge is 0.396 e. The number of rotatable bonds is 4. The van der Waals surface area contributed by atoms with Crippen LogP contribution in [-0.4, -0.2) is 44.7 Å². The average Bonchev–Trinajstić information content (AvgIpc) is 3.07. The van der Waals surface area contributed by atoms with Crippen molar-refractivity contribution in [2.24, 2.45) is 5.92 Å². The number of amides is 1. The summed E-state index contributed by atoms with van der Waals surface area (Å²) in [4.78, 5) is 20.1. The summed E-state index contributed by atoms with van der Waals surface area (Å²) in [6.07, 6.45) is 7.97. The Morgan fingerprint density at radius 2 is 1.96 bits per heavy atom. The maximum absolute atomic E-state index is 13.2. The highest BCUT2D eigenvalue weighted by Gasteiger charge is 2.30. The number of imidazole rings is 1. The van der Waals surface area contributed by atoms with E-state index in [1.165, 1.54) is 32.1 Å². The highest BCUT2D eigenvalue weighted by Crippen LogP contribution is 2.34. The van der Waals surface area contributed by atoms with Crippen molar-refractivity contribution in [3.63, 3.8) is 0 Å². The Balaban J connectivity index is 1.59. The molecule has 1 aromatic heterocycles. The predicted octanol–water partition coefficient (Wildman–Crippen LogP) is 3.70. The molecule has 2 heterocycles. The SMILES string of the molecule is C[C@H]1C[C@@H](CO)CCN1C(=O)Cn1c(C2CCCCC2)nc2ccccc21. The van der Waals surface area contributed by atoms with Crippen LogP contribution < -0.4 is 0 Å². The van der Waals surface area contributed by atoms with E-state index in [2.05, 4.69) is 23.6 Å². The van der Waals surface area contributed by atoms with Gasteiger partial charge in [0.25, 0.3) is 0 Å². The van der Waals surface area contributed by atoms with E-state index in [-0.39, 0.29) is 18.6 Å². The Morgan fingerprint density at radius 3 is 2.70 bits per heavy atom. The van der Waals surface area contributed by atoms with Gasteiger partial charge in [-0.3, -0.25) is 4.79 Å². The Hall–Kier alpha value is -1.88. The van der Waals surface area contributed by atoms with Crippen LogP contribution in [0.4, 0.5) is 0 Å². The van der Waals surface area contributed by atoms with E-state index in [1.807, 2.05) is 17.0 Å². The molecule has 0 radical (unpaired) electrons. The molecule has 4 rings (SSSR count). The number of para-hydroxylation sites is 2. The standard InChI is InChI=1S/C22H31N3O2/c1-16-13-17(15-26)11-12-24(16)21(27)14-25-20-10-6-5-9-19(20)23-22(25)18-7-3-2-4-8-18/h5-6,9-10,16-18,26H,2-4,7-8,11-15H2,1H3/t16-,17-/m0/s1. The van der Waals surface area contributed by atoms with Gasteiger partial charge in [-0.2, -0.15) is 0 Å². The molecule has 0 spiro atoms. The van der Waals surface area contributed by atoms with Gasteiger partial charge in [0.1, 0.15) is 12.4 Å². The van der Waals surface area contributed by atoms with Crippen molar-refractivity contribution in [2.45, 2.75) is 70.4 Å². The van der Waals surface area contributed by atoms with E-state index in [1.54, 1.807) is 0 Å². The van der Waals surface area contributed by atoms with Crippen molar-refractivity contribution >= 4 is 16.9 Å². The molecule has 1 saturated heterocycles. The zero-order valence-electron chi connectivity index (χ0n) is 16.3. The highest BCUT2D eigenvalue weighted by atomic mass is 16.3. The summed E-state index contributed by atoms with van der Waals surface area (Å²) >= 11 is 0. The zero-order chi connectivity index (χ0) is 18.8. The molecule has 5 nitrogen and oxygen atoms in total. The lowest BCUT2D eigenvalue weighted by Crippen LogP contribution is -2.46. The third kappa shape index (κ3) is 3.75. The van der Waals surface area contributed by atoms with E-state index in [9.17, 15) is 9.90 Å². The minimum atomic E-state index is 0.180. The minimum absolute atomic E-state index is 0.180. The Kier molecular flexibility index (Phi) is 5.48. The highest BCUT2D eigenvalue weighted by molar-refractivity contribution is 5.81. The lowest BCUT2D eigenvalue weighted by atomic mass is 9.88. The van der Waals surface area contributed by atoms with Gasteiger partial charge in [0.2, 0.25) is 5.91 Å². The van der Waals surface area contributed by atoms with Crippen LogP contribution in [0.5, 0.6) is 0 Å². The molecule has 1 aromatic carbocycles. The van der Waals surface area contributed by atoms with Gasteiger partial charge in [0.05, 0.1) is 11.0 Å². The van der Waals surface area contributed by atoms with Crippen LogP contribution in [0.2, 0.25) is 0 Å². The second-order valence-electron chi connectivity index (χ2n) is 8.39. The van der Waals surface area contributed by atoms with Crippen LogP contribution in [0.15, 0.2) is 24.3 Å². The number of benzene rings is 1. The van der Waals surface area contributed by atoms with Gasteiger partial charge in [-0.25, -0.2) is 4.98 Å². The third-order valence-corrected chi connectivity index (χ3v) is 6.51. The summed E-state index contributed by atoms with van der Waals surface area (Å²) in [5.41, 5.74) is 2.07. The first-order valence-corrected chi connectivity index (χ1v) is 10.5. The number of aromatic nitrogens is 2. The van der Waals surface area contributed by atoms with Crippen molar-refractivity contribution in [1.82, 2.24) is 14.5 Å². The van der Waals surface area contributed by atoms with E-state index in [0.29, 0.717) is 18.4 Å². The molecule has 1 aliphatic heterocycles. The molecule has 2 fully saturated rings. The summed E-state index contributed by atoms with van der Waals surface area (Å²) in [6.45, 7) is 3.45. The van der Waals surface area contributed by atoms with Crippen LogP contribution in [0.25, 0.3) is 11.0 Å². The molecule has 2 atom stereocenters. The van der Waals surface area contributed by atoms with Crippen molar-refractivity contribution < 1.29 is 9.90 Å². The molecule has 1 saturated carbocycles. The van der Waals surface area contributed by atoms with Crippen LogP contribution in [0.3, 0.4) is 0 Å². The Morgan fingerprint density at radius 1 is 1.19 bits per heavy atom. The Bertz CT molecular complexity index is 794. The van der Waals surface area contributed by atoms with Gasteiger partial charge < -0.3 is 14.6 Å². The molecule has 2 aliphatic rings. The monoisotopic (exact) mass is 369 g/mol. The molecule has 0 bridgehead atoms. The number of carbonyl (C=O) groups is 1. The molecule has 27 heavy (non-hydrogen) atoms. The summed E-state index contributed by atoms with van der Waals surface area (Å²) in [5.74, 6) is 2.08. The van der Waals surface area contributed by atoms with E-state index >= 15 is 0 Å². The fraction of sp³-hybridized carbons (Fsp3) is 0.636. The first-order chi connectivity index (χ1) is 13.2. The number of piperidine rings is 1. The lowest BCUT2D eigenvalue weighted by molar-refractivity contribution is -0.136. The first-order valence-electron chi connectivity index (χ1n) is 10.5. The minimum Gasteiger partial charge on any atom is -0.396 e. The van der Waals surface area contributed by atoms with Crippen LogP contribution in [-0.2, 0) is 11.3 Å². The molecule has 146 valence electrons. The summed E-state index contributed by atoms with van der Waals surface area (Å²) < 4.78 is 2.18. The predicted molar refractivity (Wildman–Crippen MR) is 107 cm³/mol. The maximum Gasteiger partial charge on any atom is 0.242 e. The normalized spacial score (nSPS) is 24.4. The number of carbonyl (C=O) groups excluding carboxylic acids is 1. The van der Waals surface area contributed by atoms with E-state index in [4.69, 9.17) is 4.98 Å². The number of aliphatic hydroxyl groups excluding tert-OH is 1. The third-order valence-electron chi connectivity index (χ3n) is 6.51.